The smallest absolute Gasteiger partial charge is 0.0431 e. The number of hydrogen-bond donors (Lipinski definition) is 1. The maximum Gasteiger partial charge on any atom is 0.0431 e. The van der Waals surface area contributed by atoms with Crippen molar-refractivity contribution < 1.29 is 5.11 Å². The Balaban J connectivity index is 3.85. The molecule has 92 valence electrons. The van der Waals surface area contributed by atoms with Crippen LogP contribution in [0.15, 0.2) is 0 Å². The van der Waals surface area contributed by atoms with Crippen LogP contribution in [0, 0.1) is 0 Å². The van der Waals surface area contributed by atoms with Crippen LogP contribution in [0.4, 0.5) is 0 Å². The number of hydrogen-bond acceptors (Lipinski definition) is 2. The molecule has 0 rings (SSSR count). The molecule has 0 fully saturated rings. The average Bonchev–Trinajstić information content (AvgIpc) is 2.27. The molecular formula is C13H29NO. The van der Waals surface area contributed by atoms with Gasteiger partial charge >= 0.3 is 0 Å². The summed E-state index contributed by atoms with van der Waals surface area (Å²) in [5.41, 5.74) is 0. The van der Waals surface area contributed by atoms with Crippen LogP contribution in [0.3, 0.4) is 0 Å². The minimum absolute atomic E-state index is 0.337. The van der Waals surface area contributed by atoms with E-state index in [2.05, 4.69) is 25.7 Å². The Labute approximate surface area is 95.7 Å². The van der Waals surface area contributed by atoms with Gasteiger partial charge < -0.3 is 10.0 Å². The highest BCUT2D eigenvalue weighted by molar-refractivity contribution is 4.69. The molecule has 0 heterocycles. The Bertz CT molecular complexity index is 128. The molecular weight excluding hydrogens is 186 g/mol. The average molecular weight is 215 g/mol. The van der Waals surface area contributed by atoms with Crippen molar-refractivity contribution in [3.8, 4) is 0 Å². The summed E-state index contributed by atoms with van der Waals surface area (Å²) in [6.45, 7) is 9.42. The first kappa shape index (κ1) is 14.9. The van der Waals surface area contributed by atoms with Crippen molar-refractivity contribution in [2.45, 2.75) is 65.3 Å². The van der Waals surface area contributed by atoms with E-state index in [0.29, 0.717) is 6.61 Å². The molecule has 1 unspecified atom stereocenters. The fraction of sp³-hybridized carbons (Fsp3) is 1.00. The minimum atomic E-state index is 0.337. The second-order valence-corrected chi connectivity index (χ2v) is 4.26. The van der Waals surface area contributed by atoms with Gasteiger partial charge in [-0.1, -0.05) is 33.6 Å². The summed E-state index contributed by atoms with van der Waals surface area (Å²) in [5.74, 6) is 0. The summed E-state index contributed by atoms with van der Waals surface area (Å²) >= 11 is 0. The van der Waals surface area contributed by atoms with E-state index in [0.717, 1.165) is 32.0 Å². The molecule has 0 radical (unpaired) electrons. The van der Waals surface area contributed by atoms with Crippen LogP contribution >= 0.6 is 0 Å². The topological polar surface area (TPSA) is 23.5 Å². The molecule has 0 aromatic rings. The lowest BCUT2D eigenvalue weighted by atomic mass is 10.1. The van der Waals surface area contributed by atoms with Crippen molar-refractivity contribution in [2.24, 2.45) is 0 Å². The number of nitrogens with zero attached hydrogens (tertiary/aromatic N) is 1. The predicted octanol–water partition coefficient (Wildman–Crippen LogP) is 3.05. The zero-order valence-corrected chi connectivity index (χ0v) is 10.8. The van der Waals surface area contributed by atoms with E-state index < -0.39 is 0 Å². The number of aliphatic hydroxyl groups excluding tert-OH is 1. The highest BCUT2D eigenvalue weighted by Crippen LogP contribution is 2.13. The summed E-state index contributed by atoms with van der Waals surface area (Å²) in [6.07, 6.45) is 7.31. The van der Waals surface area contributed by atoms with Gasteiger partial charge in [-0.25, -0.2) is 0 Å². The van der Waals surface area contributed by atoms with Gasteiger partial charge in [0.25, 0.3) is 0 Å². The number of rotatable bonds is 10. The number of aliphatic hydroxyl groups is 1. The van der Waals surface area contributed by atoms with E-state index in [9.17, 15) is 0 Å². The Morgan fingerprint density at radius 1 is 1.07 bits per heavy atom. The molecule has 1 N–H and O–H groups in total. The Hall–Kier alpha value is -0.0800. The van der Waals surface area contributed by atoms with Gasteiger partial charge in [0.15, 0.2) is 0 Å². The lowest BCUT2D eigenvalue weighted by Gasteiger charge is -2.30. The van der Waals surface area contributed by atoms with Crippen molar-refractivity contribution in [1.82, 2.24) is 4.90 Å². The van der Waals surface area contributed by atoms with Crippen LogP contribution in [0.25, 0.3) is 0 Å². The van der Waals surface area contributed by atoms with Gasteiger partial charge in [0.1, 0.15) is 0 Å². The third-order valence-electron chi connectivity index (χ3n) is 3.14. The molecule has 2 nitrogen and oxygen atoms in total. The molecule has 2 heteroatoms. The van der Waals surface area contributed by atoms with Crippen LogP contribution < -0.4 is 0 Å². The Morgan fingerprint density at radius 2 is 1.80 bits per heavy atom. The van der Waals surface area contributed by atoms with Crippen LogP contribution in [0.5, 0.6) is 0 Å². The van der Waals surface area contributed by atoms with Gasteiger partial charge in [-0.2, -0.15) is 0 Å². The van der Waals surface area contributed by atoms with Crippen molar-refractivity contribution in [3.05, 3.63) is 0 Å². The molecule has 0 spiro atoms. The molecule has 0 amide bonds. The summed E-state index contributed by atoms with van der Waals surface area (Å²) in [5, 5.41) is 8.77. The van der Waals surface area contributed by atoms with E-state index in [4.69, 9.17) is 5.11 Å². The van der Waals surface area contributed by atoms with E-state index in [1.165, 1.54) is 25.7 Å². The fourth-order valence-electron chi connectivity index (χ4n) is 2.11. The molecule has 0 aliphatic heterocycles. The molecule has 1 atom stereocenters. The van der Waals surface area contributed by atoms with Crippen molar-refractivity contribution in [1.29, 1.82) is 0 Å². The standard InChI is InChI=1S/C13H29NO/c1-4-7-10-13(5-2)14(6-3)11-8-9-12-15/h13,15H,4-12H2,1-3H3. The molecule has 0 aromatic heterocycles. The largest absolute Gasteiger partial charge is 0.396 e. The second-order valence-electron chi connectivity index (χ2n) is 4.26. The predicted molar refractivity (Wildman–Crippen MR) is 67.2 cm³/mol. The Morgan fingerprint density at radius 3 is 2.27 bits per heavy atom. The van der Waals surface area contributed by atoms with Gasteiger partial charge in [0.2, 0.25) is 0 Å². The maximum absolute atomic E-state index is 8.77. The first-order chi connectivity index (χ1) is 7.29. The van der Waals surface area contributed by atoms with Crippen LogP contribution in [-0.4, -0.2) is 35.7 Å². The van der Waals surface area contributed by atoms with Crippen LogP contribution in [-0.2, 0) is 0 Å². The highest BCUT2D eigenvalue weighted by atomic mass is 16.2. The maximum atomic E-state index is 8.77. The van der Waals surface area contributed by atoms with Gasteiger partial charge in [-0.05, 0) is 38.8 Å². The zero-order valence-electron chi connectivity index (χ0n) is 10.8. The van der Waals surface area contributed by atoms with Gasteiger partial charge in [-0.3, -0.25) is 0 Å². The molecule has 0 bridgehead atoms. The number of unbranched alkanes of at least 4 members (excludes halogenated alkanes) is 2. The Kier molecular flexibility index (Phi) is 10.4. The van der Waals surface area contributed by atoms with Gasteiger partial charge in [0.05, 0.1) is 0 Å². The summed E-state index contributed by atoms with van der Waals surface area (Å²) < 4.78 is 0. The van der Waals surface area contributed by atoms with E-state index in [1.807, 2.05) is 0 Å². The highest BCUT2D eigenvalue weighted by Gasteiger charge is 2.13. The molecule has 0 aromatic carbocycles. The second kappa shape index (κ2) is 10.4. The summed E-state index contributed by atoms with van der Waals surface area (Å²) in [4.78, 5) is 2.57. The lowest BCUT2D eigenvalue weighted by Crippen LogP contribution is -2.35. The summed E-state index contributed by atoms with van der Waals surface area (Å²) in [6, 6.07) is 0.758. The van der Waals surface area contributed by atoms with E-state index >= 15 is 0 Å². The van der Waals surface area contributed by atoms with E-state index in [1.54, 1.807) is 0 Å². The van der Waals surface area contributed by atoms with Crippen molar-refractivity contribution in [3.63, 3.8) is 0 Å². The van der Waals surface area contributed by atoms with Crippen molar-refractivity contribution in [2.75, 3.05) is 19.7 Å². The molecule has 0 saturated carbocycles. The quantitative estimate of drug-likeness (QED) is 0.566. The zero-order chi connectivity index (χ0) is 11.5. The lowest BCUT2D eigenvalue weighted by molar-refractivity contribution is 0.177. The van der Waals surface area contributed by atoms with Gasteiger partial charge in [-0.15, -0.1) is 0 Å². The normalized spacial score (nSPS) is 13.4. The van der Waals surface area contributed by atoms with Gasteiger partial charge in [0, 0.05) is 12.6 Å². The van der Waals surface area contributed by atoms with Crippen molar-refractivity contribution >= 4 is 0 Å². The summed E-state index contributed by atoms with van der Waals surface area (Å²) in [7, 11) is 0. The van der Waals surface area contributed by atoms with Crippen LogP contribution in [0.2, 0.25) is 0 Å². The first-order valence-corrected chi connectivity index (χ1v) is 6.64. The van der Waals surface area contributed by atoms with E-state index in [-0.39, 0.29) is 0 Å². The first-order valence-electron chi connectivity index (χ1n) is 6.64. The van der Waals surface area contributed by atoms with Crippen LogP contribution in [0.1, 0.15) is 59.3 Å². The monoisotopic (exact) mass is 215 g/mol. The third-order valence-corrected chi connectivity index (χ3v) is 3.14. The minimum Gasteiger partial charge on any atom is -0.396 e. The molecule has 0 aliphatic carbocycles. The third kappa shape index (κ3) is 6.91. The molecule has 15 heavy (non-hydrogen) atoms. The SMILES string of the molecule is CCCCC(CC)N(CC)CCCCO. The molecule has 0 saturated heterocycles. The fourth-order valence-corrected chi connectivity index (χ4v) is 2.11. The molecule has 0 aliphatic rings.